The maximum Gasteiger partial charge on any atom is 0.327 e. The second kappa shape index (κ2) is 7.36. The number of H-pyrrole nitrogens is 2. The highest BCUT2D eigenvalue weighted by Gasteiger charge is 2.15. The van der Waals surface area contributed by atoms with Crippen LogP contribution in [0.1, 0.15) is 18.1 Å². The molecule has 2 aromatic heterocycles. The third-order valence-corrected chi connectivity index (χ3v) is 3.80. The normalized spacial score (nSPS) is 10.8. The Kier molecular flexibility index (Phi) is 4.97. The highest BCUT2D eigenvalue weighted by atomic mass is 19.2. The fourth-order valence-electron chi connectivity index (χ4n) is 2.56. The first-order valence-corrected chi connectivity index (χ1v) is 7.81. The van der Waals surface area contributed by atoms with Gasteiger partial charge in [0.15, 0.2) is 11.6 Å². The van der Waals surface area contributed by atoms with Crippen molar-refractivity contribution < 1.29 is 18.3 Å². The highest BCUT2D eigenvalue weighted by Crippen LogP contribution is 2.21. The Morgan fingerprint density at radius 2 is 2.04 bits per heavy atom. The molecular weight excluding hydrogens is 362 g/mol. The molecule has 8 nitrogen and oxygen atoms in total. The Morgan fingerprint density at radius 3 is 2.78 bits per heavy atom. The second-order valence-electron chi connectivity index (χ2n) is 5.63. The maximum atomic E-state index is 13.9. The quantitative estimate of drug-likeness (QED) is 0.582. The molecule has 0 amide bonds. The molecule has 3 rings (SSSR count). The summed E-state index contributed by atoms with van der Waals surface area (Å²) in [6, 6.07) is 3.64. The van der Waals surface area contributed by atoms with Crippen LogP contribution in [0.3, 0.4) is 0 Å². The fraction of sp³-hybridized carbons (Fsp3) is 0.176. The Hall–Kier alpha value is -3.56. The van der Waals surface area contributed by atoms with Crippen LogP contribution in [0.2, 0.25) is 0 Å². The van der Waals surface area contributed by atoms with Gasteiger partial charge in [0.2, 0.25) is 0 Å². The summed E-state index contributed by atoms with van der Waals surface area (Å²) in [7, 11) is 0. The summed E-state index contributed by atoms with van der Waals surface area (Å²) in [4.78, 5) is 43.3. The number of carbonyl (C=O) groups is 1. The number of esters is 1. The number of pyridine rings is 1. The number of benzene rings is 1. The molecule has 3 aromatic rings. The summed E-state index contributed by atoms with van der Waals surface area (Å²) in [5.41, 5.74) is -0.835. The van der Waals surface area contributed by atoms with Crippen molar-refractivity contribution in [3.8, 4) is 0 Å². The van der Waals surface area contributed by atoms with E-state index in [1.807, 2.05) is 0 Å². The first-order valence-electron chi connectivity index (χ1n) is 7.81. The molecule has 0 unspecified atom stereocenters. The van der Waals surface area contributed by atoms with E-state index in [0.29, 0.717) is 11.1 Å². The fourth-order valence-corrected chi connectivity index (χ4v) is 2.56. The summed E-state index contributed by atoms with van der Waals surface area (Å²) in [5, 5.41) is 2.75. The largest absolute Gasteiger partial charge is 0.461 e. The molecule has 1 aromatic carbocycles. The Bertz CT molecular complexity index is 1140. The van der Waals surface area contributed by atoms with Gasteiger partial charge < -0.3 is 10.1 Å². The summed E-state index contributed by atoms with van der Waals surface area (Å²) >= 11 is 0. The molecule has 0 radical (unpaired) electrons. The predicted molar refractivity (Wildman–Crippen MR) is 92.1 cm³/mol. The van der Waals surface area contributed by atoms with Gasteiger partial charge in [-0.3, -0.25) is 19.6 Å². The molecule has 3 N–H and O–H groups in total. The van der Waals surface area contributed by atoms with Crippen molar-refractivity contribution in [2.45, 2.75) is 20.1 Å². The van der Waals surface area contributed by atoms with Crippen molar-refractivity contribution in [3.63, 3.8) is 0 Å². The van der Waals surface area contributed by atoms with E-state index in [1.165, 1.54) is 25.3 Å². The van der Waals surface area contributed by atoms with E-state index < -0.39 is 28.9 Å². The van der Waals surface area contributed by atoms with Gasteiger partial charge >= 0.3 is 11.7 Å². The third-order valence-electron chi connectivity index (χ3n) is 3.80. The molecule has 10 heteroatoms. The van der Waals surface area contributed by atoms with Crippen LogP contribution in [0.4, 0.5) is 14.5 Å². The van der Waals surface area contributed by atoms with Gasteiger partial charge in [-0.15, -0.1) is 0 Å². The van der Waals surface area contributed by atoms with Gasteiger partial charge in [0.1, 0.15) is 12.3 Å². The van der Waals surface area contributed by atoms with Crippen LogP contribution in [0.15, 0.2) is 34.0 Å². The lowest BCUT2D eigenvalue weighted by molar-refractivity contribution is -0.142. The number of rotatable bonds is 5. The number of ether oxygens (including phenoxy) is 1. The summed E-state index contributed by atoms with van der Waals surface area (Å²) < 4.78 is 32.2. The number of hydrogen-bond acceptors (Lipinski definition) is 6. The van der Waals surface area contributed by atoms with Crippen LogP contribution in [0.5, 0.6) is 0 Å². The van der Waals surface area contributed by atoms with Crippen LogP contribution in [0, 0.1) is 11.6 Å². The van der Waals surface area contributed by atoms with E-state index in [4.69, 9.17) is 4.74 Å². The minimum absolute atomic E-state index is 0.0202. The molecule has 0 fully saturated rings. The summed E-state index contributed by atoms with van der Waals surface area (Å²) in [5.74, 6) is -2.64. The zero-order valence-electron chi connectivity index (χ0n) is 14.1. The summed E-state index contributed by atoms with van der Waals surface area (Å²) in [6.07, 6.45) is 1.33. The maximum absolute atomic E-state index is 13.9. The Labute approximate surface area is 150 Å². The molecule has 140 valence electrons. The van der Waals surface area contributed by atoms with Crippen LogP contribution in [-0.2, 0) is 22.7 Å². The van der Waals surface area contributed by atoms with Crippen LogP contribution in [-0.4, -0.2) is 20.9 Å². The van der Waals surface area contributed by atoms with E-state index >= 15 is 0 Å². The number of nitrogens with one attached hydrogen (secondary N) is 3. The minimum Gasteiger partial charge on any atom is -0.461 e. The van der Waals surface area contributed by atoms with Crippen molar-refractivity contribution in [3.05, 3.63) is 68.0 Å². The van der Waals surface area contributed by atoms with Gasteiger partial charge in [0.05, 0.1) is 11.1 Å². The van der Waals surface area contributed by atoms with Gasteiger partial charge in [-0.25, -0.2) is 18.6 Å². The molecule has 0 aliphatic rings. The molecule has 0 bridgehead atoms. The lowest BCUT2D eigenvalue weighted by Crippen LogP contribution is -2.24. The van der Waals surface area contributed by atoms with Crippen molar-refractivity contribution >= 4 is 22.7 Å². The molecule has 0 saturated carbocycles. The number of hydrogen-bond donors (Lipinski definition) is 3. The van der Waals surface area contributed by atoms with Crippen LogP contribution >= 0.6 is 0 Å². The molecule has 0 aliphatic heterocycles. The molecule has 0 saturated heterocycles. The average Bonchev–Trinajstić information content (AvgIpc) is 2.61. The number of aromatic nitrogens is 3. The van der Waals surface area contributed by atoms with Gasteiger partial charge in [-0.05, 0) is 17.7 Å². The molecule has 27 heavy (non-hydrogen) atoms. The van der Waals surface area contributed by atoms with Crippen molar-refractivity contribution in [1.82, 2.24) is 15.0 Å². The lowest BCUT2D eigenvalue weighted by Gasteiger charge is -2.14. The third kappa shape index (κ3) is 3.84. The Balaban J connectivity index is 2.07. The van der Waals surface area contributed by atoms with Crippen LogP contribution < -0.4 is 16.6 Å². The first kappa shape index (κ1) is 18.2. The van der Waals surface area contributed by atoms with Crippen LogP contribution in [0.25, 0.3) is 11.0 Å². The van der Waals surface area contributed by atoms with E-state index in [1.54, 1.807) is 0 Å². The number of carbonyl (C=O) groups excluding carboxylic acids is 1. The molecular formula is C17H14F2N4O4. The summed E-state index contributed by atoms with van der Waals surface area (Å²) in [6.45, 7) is 0.934. The zero-order valence-corrected chi connectivity index (χ0v) is 14.1. The van der Waals surface area contributed by atoms with Gasteiger partial charge in [-0.2, -0.15) is 0 Å². The van der Waals surface area contributed by atoms with Crippen molar-refractivity contribution in [2.24, 2.45) is 0 Å². The van der Waals surface area contributed by atoms with Crippen molar-refractivity contribution in [2.75, 3.05) is 5.32 Å². The number of fused-ring (bicyclic) bond motifs is 1. The minimum atomic E-state index is -1.07. The first-order chi connectivity index (χ1) is 12.9. The number of aromatic amines is 2. The van der Waals surface area contributed by atoms with Gasteiger partial charge in [0.25, 0.3) is 5.56 Å². The smallest absolute Gasteiger partial charge is 0.327 e. The lowest BCUT2D eigenvalue weighted by atomic mass is 10.1. The molecule has 2 heterocycles. The van der Waals surface area contributed by atoms with Crippen molar-refractivity contribution in [1.29, 1.82) is 0 Å². The van der Waals surface area contributed by atoms with Gasteiger partial charge in [-0.1, -0.05) is 6.07 Å². The monoisotopic (exact) mass is 376 g/mol. The van der Waals surface area contributed by atoms with E-state index in [9.17, 15) is 23.2 Å². The molecule has 0 spiro atoms. The number of anilines is 1. The van der Waals surface area contributed by atoms with E-state index in [2.05, 4.69) is 20.3 Å². The number of halogens is 2. The standard InChI is InChI=1S/C17H14F2N4O4/c1-8(24)27-7-9-5-21-15-13(16(25)23-17(26)22-15)10(9)6-20-12-4-2-3-11(18)14(12)19/h2-5,20H,6-7H2,1H3,(H2,21,22,23,25,26). The average molecular weight is 376 g/mol. The van der Waals surface area contributed by atoms with E-state index in [0.717, 1.165) is 6.07 Å². The second-order valence-corrected chi connectivity index (χ2v) is 5.63. The SMILES string of the molecule is CC(=O)OCc1cnc2[nH]c(=O)[nH]c(=O)c2c1CNc1cccc(F)c1F. The highest BCUT2D eigenvalue weighted by molar-refractivity contribution is 5.79. The van der Waals surface area contributed by atoms with E-state index in [-0.39, 0.29) is 29.9 Å². The predicted octanol–water partition coefficient (Wildman–Crippen LogP) is 1.56. The topological polar surface area (TPSA) is 117 Å². The molecule has 0 aliphatic carbocycles. The molecule has 0 atom stereocenters. The zero-order chi connectivity index (χ0) is 19.6. The number of nitrogens with zero attached hydrogens (tertiary/aromatic N) is 1. The van der Waals surface area contributed by atoms with Gasteiger partial charge in [0, 0.05) is 25.2 Å². The Morgan fingerprint density at radius 1 is 1.26 bits per heavy atom.